The minimum Gasteiger partial charge on any atom is -0.349 e. The standard InChI is InChI=1S/C29H27F2N5O3/c1-18(20-7-9-23(30)10-8-20)34-27(38)28(13-15-32-16-14-28)29(12-11-24(31)17-33-29)25(37)21-3-5-22(6-4-21)26-35-19(2)36-39-26/h3-13,15-16,18,24,33H,14,17H2,1-2H3,(H,34,38)/t18-,24+,28?,29+/m0/s1. The van der Waals surface area contributed by atoms with E-state index in [0.29, 0.717) is 28.4 Å². The highest BCUT2D eigenvalue weighted by Crippen LogP contribution is 2.43. The summed E-state index contributed by atoms with van der Waals surface area (Å²) in [7, 11) is 0. The first kappa shape index (κ1) is 26.3. The highest BCUT2D eigenvalue weighted by molar-refractivity contribution is 6.10. The van der Waals surface area contributed by atoms with Gasteiger partial charge in [-0.3, -0.25) is 19.9 Å². The van der Waals surface area contributed by atoms with Crippen molar-refractivity contribution < 1.29 is 22.9 Å². The lowest BCUT2D eigenvalue weighted by Crippen LogP contribution is -2.68. The molecule has 3 aromatic rings. The molecule has 39 heavy (non-hydrogen) atoms. The summed E-state index contributed by atoms with van der Waals surface area (Å²) in [5.41, 5.74) is -1.47. The zero-order valence-electron chi connectivity index (χ0n) is 21.4. The Morgan fingerprint density at radius 3 is 2.46 bits per heavy atom. The molecule has 2 N–H and O–H groups in total. The van der Waals surface area contributed by atoms with Crippen LogP contribution in [0.4, 0.5) is 8.78 Å². The highest BCUT2D eigenvalue weighted by Gasteiger charge is 2.59. The van der Waals surface area contributed by atoms with Gasteiger partial charge in [-0.2, -0.15) is 4.98 Å². The molecule has 2 aromatic carbocycles. The van der Waals surface area contributed by atoms with Crippen LogP contribution in [0, 0.1) is 18.2 Å². The predicted molar refractivity (Wildman–Crippen MR) is 141 cm³/mol. The minimum atomic E-state index is -1.62. The quantitative estimate of drug-likeness (QED) is 0.344. The van der Waals surface area contributed by atoms with Crippen molar-refractivity contribution in [3.63, 3.8) is 0 Å². The number of alkyl halides is 1. The van der Waals surface area contributed by atoms with Gasteiger partial charge < -0.3 is 9.84 Å². The van der Waals surface area contributed by atoms with E-state index >= 15 is 0 Å². The minimum absolute atomic E-state index is 0.0881. The first-order valence-corrected chi connectivity index (χ1v) is 12.5. The van der Waals surface area contributed by atoms with Crippen LogP contribution in [0.25, 0.3) is 11.5 Å². The largest absolute Gasteiger partial charge is 0.349 e. The number of aromatic nitrogens is 2. The molecule has 0 bridgehead atoms. The van der Waals surface area contributed by atoms with Crippen molar-refractivity contribution in [2.24, 2.45) is 10.4 Å². The fraction of sp³-hybridized carbons (Fsp3) is 0.276. The zero-order valence-corrected chi connectivity index (χ0v) is 21.4. The van der Waals surface area contributed by atoms with E-state index in [1.165, 1.54) is 30.5 Å². The number of rotatable bonds is 7. The van der Waals surface area contributed by atoms with E-state index in [9.17, 15) is 18.4 Å². The van der Waals surface area contributed by atoms with Gasteiger partial charge in [0.1, 0.15) is 22.9 Å². The van der Waals surface area contributed by atoms with E-state index in [1.54, 1.807) is 62.5 Å². The van der Waals surface area contributed by atoms with Crippen LogP contribution < -0.4 is 10.6 Å². The summed E-state index contributed by atoms with van der Waals surface area (Å²) in [6, 6.07) is 11.9. The molecule has 200 valence electrons. The summed E-state index contributed by atoms with van der Waals surface area (Å²) in [6.07, 6.45) is 6.14. The summed E-state index contributed by atoms with van der Waals surface area (Å²) in [5, 5.41) is 9.83. The van der Waals surface area contributed by atoms with Crippen LogP contribution in [0.15, 0.2) is 82.5 Å². The van der Waals surface area contributed by atoms with E-state index in [1.807, 2.05) is 0 Å². The molecule has 1 amide bonds. The van der Waals surface area contributed by atoms with Gasteiger partial charge in [0.25, 0.3) is 5.89 Å². The molecule has 2 aliphatic heterocycles. The number of nitrogens with zero attached hydrogens (tertiary/aromatic N) is 3. The smallest absolute Gasteiger partial charge is 0.257 e. The number of ketones is 1. The van der Waals surface area contributed by atoms with Crippen LogP contribution in [0.1, 0.15) is 41.1 Å². The third-order valence-corrected chi connectivity index (χ3v) is 7.20. The maximum atomic E-state index is 14.3. The molecule has 0 radical (unpaired) electrons. The van der Waals surface area contributed by atoms with Crippen LogP contribution in [0.5, 0.6) is 0 Å². The molecule has 0 spiro atoms. The fourth-order valence-corrected chi connectivity index (χ4v) is 5.00. The van der Waals surface area contributed by atoms with E-state index in [0.717, 1.165) is 0 Å². The van der Waals surface area contributed by atoms with Gasteiger partial charge in [0, 0.05) is 36.5 Å². The number of Topliss-reactive ketones (excluding diaryl/α,β-unsaturated/α-hetero) is 1. The molecule has 5 rings (SSSR count). The second kappa shape index (κ2) is 10.5. The van der Waals surface area contributed by atoms with Crippen LogP contribution in [-0.4, -0.2) is 46.3 Å². The van der Waals surface area contributed by atoms with Gasteiger partial charge in [-0.25, -0.2) is 8.78 Å². The van der Waals surface area contributed by atoms with Crippen molar-refractivity contribution >= 4 is 17.9 Å². The number of halogens is 2. The Balaban J connectivity index is 1.53. The number of carbonyl (C=O) groups excluding carboxylic acids is 2. The number of aliphatic imine (C=N–C) groups is 1. The average Bonchev–Trinajstić information content (AvgIpc) is 3.40. The molecule has 10 heteroatoms. The van der Waals surface area contributed by atoms with Crippen LogP contribution in [0.3, 0.4) is 0 Å². The topological polar surface area (TPSA) is 109 Å². The Morgan fingerprint density at radius 2 is 1.87 bits per heavy atom. The molecule has 0 fully saturated rings. The lowest BCUT2D eigenvalue weighted by Gasteiger charge is -2.47. The van der Waals surface area contributed by atoms with Crippen LogP contribution in [-0.2, 0) is 4.79 Å². The molecule has 0 aliphatic carbocycles. The number of amides is 1. The summed E-state index contributed by atoms with van der Waals surface area (Å²) >= 11 is 0. The maximum absolute atomic E-state index is 14.3. The normalized spacial score (nSPS) is 24.9. The Morgan fingerprint density at radius 1 is 1.13 bits per heavy atom. The van der Waals surface area contributed by atoms with Crippen LogP contribution in [0.2, 0.25) is 0 Å². The molecule has 8 nitrogen and oxygen atoms in total. The summed E-state index contributed by atoms with van der Waals surface area (Å²) in [6.45, 7) is 3.32. The lowest BCUT2D eigenvalue weighted by molar-refractivity contribution is -0.131. The Kier molecular flexibility index (Phi) is 7.05. The number of hydrogen-bond acceptors (Lipinski definition) is 7. The molecule has 1 aromatic heterocycles. The predicted octanol–water partition coefficient (Wildman–Crippen LogP) is 4.46. The second-order valence-electron chi connectivity index (χ2n) is 9.69. The van der Waals surface area contributed by atoms with Crippen molar-refractivity contribution in [2.75, 3.05) is 6.54 Å². The molecule has 0 saturated heterocycles. The van der Waals surface area contributed by atoms with E-state index in [-0.39, 0.29) is 18.8 Å². The monoisotopic (exact) mass is 531 g/mol. The number of hydrogen-bond donors (Lipinski definition) is 2. The highest BCUT2D eigenvalue weighted by atomic mass is 19.1. The molecule has 2 aliphatic rings. The lowest BCUT2D eigenvalue weighted by atomic mass is 9.61. The zero-order chi connectivity index (χ0) is 27.6. The van der Waals surface area contributed by atoms with Gasteiger partial charge in [-0.1, -0.05) is 41.6 Å². The van der Waals surface area contributed by atoms with Gasteiger partial charge in [0.05, 0.1) is 6.04 Å². The third-order valence-electron chi connectivity index (χ3n) is 7.20. The third kappa shape index (κ3) is 4.83. The van der Waals surface area contributed by atoms with Gasteiger partial charge in [0.15, 0.2) is 11.6 Å². The molecular formula is C29H27F2N5O3. The summed E-state index contributed by atoms with van der Waals surface area (Å²) < 4.78 is 33.0. The number of carbonyl (C=O) groups is 2. The number of benzene rings is 2. The molecular weight excluding hydrogens is 504 g/mol. The fourth-order valence-electron chi connectivity index (χ4n) is 5.00. The second-order valence-corrected chi connectivity index (χ2v) is 9.69. The van der Waals surface area contributed by atoms with Crippen molar-refractivity contribution in [1.82, 2.24) is 20.8 Å². The van der Waals surface area contributed by atoms with Crippen molar-refractivity contribution in [1.29, 1.82) is 0 Å². The van der Waals surface area contributed by atoms with Gasteiger partial charge >= 0.3 is 0 Å². The Labute approximate surface area is 223 Å². The Bertz CT molecular complexity index is 1460. The van der Waals surface area contributed by atoms with Gasteiger partial charge in [-0.15, -0.1) is 0 Å². The van der Waals surface area contributed by atoms with Gasteiger partial charge in [-0.05, 0) is 49.8 Å². The summed E-state index contributed by atoms with van der Waals surface area (Å²) in [5.74, 6) is -0.461. The molecule has 3 heterocycles. The first-order chi connectivity index (χ1) is 18.7. The average molecular weight is 532 g/mol. The van der Waals surface area contributed by atoms with E-state index < -0.39 is 34.9 Å². The van der Waals surface area contributed by atoms with Crippen LogP contribution >= 0.6 is 0 Å². The molecule has 0 saturated carbocycles. The SMILES string of the molecule is Cc1noc(-c2ccc(C(=O)[C@@]3(C4(C(=O)N[C@@H](C)c5ccc(F)cc5)C=CN=CC4)C=C[C@@H](F)CN3)cc2)n1. The van der Waals surface area contributed by atoms with Crippen molar-refractivity contribution in [3.05, 3.63) is 95.7 Å². The molecule has 1 unspecified atom stereocenters. The maximum Gasteiger partial charge on any atom is 0.257 e. The number of aryl methyl sites for hydroxylation is 1. The van der Waals surface area contributed by atoms with Crippen molar-refractivity contribution in [2.45, 2.75) is 38.0 Å². The first-order valence-electron chi connectivity index (χ1n) is 12.5. The van der Waals surface area contributed by atoms with E-state index in [4.69, 9.17) is 4.52 Å². The molecule has 4 atom stereocenters. The van der Waals surface area contributed by atoms with E-state index in [2.05, 4.69) is 25.8 Å². The van der Waals surface area contributed by atoms with Crippen molar-refractivity contribution in [3.8, 4) is 11.5 Å². The number of nitrogens with one attached hydrogen (secondary N) is 2. The summed E-state index contributed by atoms with van der Waals surface area (Å²) in [4.78, 5) is 36.7. The van der Waals surface area contributed by atoms with Gasteiger partial charge in [0.2, 0.25) is 5.91 Å². The Hall–Kier alpha value is -4.31.